The molecular formula is C26H18O9. The molecule has 0 amide bonds. The van der Waals surface area contributed by atoms with E-state index >= 15 is 0 Å². The SMILES string of the molecule is Cc1cc(O)c2c3c1C(=O)[C@@H]1c4c(c(O)c5c6c(c(O)cc(C)c46)C(=O)OC5)[C@@]3(COC2=O)[C@H]1O. The lowest BCUT2D eigenvalue weighted by atomic mass is 9.63. The average Bonchev–Trinajstić information content (AvgIpc) is 2.97. The number of phenolic OH excluding ortho intramolecular Hbond substituents is 3. The highest BCUT2D eigenvalue weighted by atomic mass is 16.5. The van der Waals surface area contributed by atoms with Crippen LogP contribution in [-0.4, -0.2) is 50.9 Å². The van der Waals surface area contributed by atoms with Crippen LogP contribution in [0.3, 0.4) is 0 Å². The maximum atomic E-state index is 14.0. The average molecular weight is 474 g/mol. The second kappa shape index (κ2) is 5.92. The van der Waals surface area contributed by atoms with E-state index < -0.39 is 35.2 Å². The number of carbonyl (C=O) groups is 3. The maximum Gasteiger partial charge on any atom is 0.342 e. The molecule has 2 bridgehead atoms. The first-order valence-electron chi connectivity index (χ1n) is 11.1. The van der Waals surface area contributed by atoms with Crippen LogP contribution < -0.4 is 0 Å². The molecule has 2 aliphatic heterocycles. The van der Waals surface area contributed by atoms with Crippen molar-refractivity contribution in [2.24, 2.45) is 0 Å². The normalized spacial score (nSPS) is 25.3. The Morgan fingerprint density at radius 1 is 0.857 bits per heavy atom. The van der Waals surface area contributed by atoms with Crippen LogP contribution in [0.4, 0.5) is 0 Å². The smallest absolute Gasteiger partial charge is 0.342 e. The van der Waals surface area contributed by atoms with Crippen molar-refractivity contribution in [3.8, 4) is 17.2 Å². The molecule has 3 aromatic carbocycles. The van der Waals surface area contributed by atoms with Gasteiger partial charge in [-0.2, -0.15) is 0 Å². The Morgan fingerprint density at radius 2 is 1.51 bits per heavy atom. The van der Waals surface area contributed by atoms with E-state index in [1.54, 1.807) is 13.8 Å². The molecule has 0 saturated heterocycles. The number of ketones is 1. The highest BCUT2D eigenvalue weighted by molar-refractivity contribution is 6.18. The van der Waals surface area contributed by atoms with Crippen molar-refractivity contribution >= 4 is 28.5 Å². The summed E-state index contributed by atoms with van der Waals surface area (Å²) in [7, 11) is 0. The van der Waals surface area contributed by atoms with E-state index in [1.165, 1.54) is 12.1 Å². The van der Waals surface area contributed by atoms with Gasteiger partial charge in [0, 0.05) is 22.1 Å². The lowest BCUT2D eigenvalue weighted by Gasteiger charge is -2.43. The second-order valence-corrected chi connectivity index (χ2v) is 9.70. The van der Waals surface area contributed by atoms with Crippen molar-refractivity contribution in [3.63, 3.8) is 0 Å². The Hall–Kier alpha value is -4.11. The molecule has 2 heterocycles. The number of ether oxygens (including phenoxy) is 2. The number of hydrogen-bond acceptors (Lipinski definition) is 9. The van der Waals surface area contributed by atoms with E-state index in [9.17, 15) is 34.8 Å². The van der Waals surface area contributed by atoms with Gasteiger partial charge in [-0.3, -0.25) is 4.79 Å². The van der Waals surface area contributed by atoms with E-state index in [0.29, 0.717) is 22.1 Å². The molecule has 4 aliphatic rings. The Balaban J connectivity index is 1.76. The zero-order valence-electron chi connectivity index (χ0n) is 18.6. The first-order valence-corrected chi connectivity index (χ1v) is 11.1. The largest absolute Gasteiger partial charge is 0.507 e. The number of aryl methyl sites for hydroxylation is 2. The van der Waals surface area contributed by atoms with Crippen molar-refractivity contribution in [3.05, 3.63) is 62.2 Å². The van der Waals surface area contributed by atoms with Crippen molar-refractivity contribution in [2.75, 3.05) is 6.61 Å². The van der Waals surface area contributed by atoms with Crippen LogP contribution in [0.25, 0.3) is 10.8 Å². The first kappa shape index (κ1) is 20.3. The van der Waals surface area contributed by atoms with Gasteiger partial charge in [-0.1, -0.05) is 0 Å². The monoisotopic (exact) mass is 474 g/mol. The van der Waals surface area contributed by atoms with Gasteiger partial charge in [-0.25, -0.2) is 9.59 Å². The number of hydrogen-bond donors (Lipinski definition) is 4. The number of carbonyl (C=O) groups excluding carboxylic acids is 3. The molecule has 2 aliphatic carbocycles. The number of aliphatic hydroxyl groups excluding tert-OH is 1. The van der Waals surface area contributed by atoms with Crippen LogP contribution in [0.2, 0.25) is 0 Å². The van der Waals surface area contributed by atoms with Gasteiger partial charge in [0.05, 0.1) is 17.4 Å². The van der Waals surface area contributed by atoms with E-state index in [2.05, 4.69) is 0 Å². The van der Waals surface area contributed by atoms with Gasteiger partial charge in [-0.15, -0.1) is 0 Å². The number of rotatable bonds is 0. The van der Waals surface area contributed by atoms with Crippen LogP contribution >= 0.6 is 0 Å². The van der Waals surface area contributed by atoms with Gasteiger partial charge in [0.15, 0.2) is 5.78 Å². The Labute approximate surface area is 197 Å². The minimum Gasteiger partial charge on any atom is -0.507 e. The third kappa shape index (κ3) is 1.96. The molecule has 3 aromatic rings. The van der Waals surface area contributed by atoms with E-state index in [1.807, 2.05) is 0 Å². The van der Waals surface area contributed by atoms with Crippen LogP contribution in [0.5, 0.6) is 17.2 Å². The molecule has 9 heteroatoms. The summed E-state index contributed by atoms with van der Waals surface area (Å²) in [5, 5.41) is 45.3. The van der Waals surface area contributed by atoms with Gasteiger partial charge in [0.1, 0.15) is 41.6 Å². The molecule has 3 atom stereocenters. The summed E-state index contributed by atoms with van der Waals surface area (Å²) >= 11 is 0. The molecule has 0 radical (unpaired) electrons. The Morgan fingerprint density at radius 3 is 2.26 bits per heavy atom. The minimum absolute atomic E-state index is 0.118. The van der Waals surface area contributed by atoms with Gasteiger partial charge in [0.2, 0.25) is 0 Å². The number of aromatic hydroxyl groups is 3. The summed E-state index contributed by atoms with van der Waals surface area (Å²) in [6, 6.07) is 2.71. The fourth-order valence-corrected chi connectivity index (χ4v) is 6.83. The predicted octanol–water partition coefficient (Wildman–Crippen LogP) is 2.35. The summed E-state index contributed by atoms with van der Waals surface area (Å²) in [6.45, 7) is 2.70. The zero-order valence-corrected chi connectivity index (χ0v) is 18.6. The zero-order chi connectivity index (χ0) is 24.7. The number of benzene rings is 3. The molecule has 0 unspecified atom stereocenters. The molecule has 1 spiro atoms. The van der Waals surface area contributed by atoms with E-state index in [4.69, 9.17) is 9.47 Å². The van der Waals surface area contributed by atoms with Crippen molar-refractivity contribution in [1.82, 2.24) is 0 Å². The second-order valence-electron chi connectivity index (χ2n) is 9.70. The standard InChI is InChI=1S/C26H18O9/c1-7-3-10(27)15-14-9(5-34-24(15)32)21(29)20-17(12(7)14)18-22(30)13-8(2)4-11(28)16-19(13)26(20,23(18)31)6-35-25(16)33/h3-4,18,23,27-29,31H,5-6H2,1-2H3/t18-,23-,26-/m0/s1. The lowest BCUT2D eigenvalue weighted by molar-refractivity contribution is 0.00705. The molecule has 35 heavy (non-hydrogen) atoms. The minimum atomic E-state index is -1.52. The number of fused-ring (bicyclic) bond motifs is 4. The molecule has 7 rings (SSSR count). The third-order valence-corrected chi connectivity index (χ3v) is 8.11. The molecule has 176 valence electrons. The lowest BCUT2D eigenvalue weighted by Crippen LogP contribution is -2.52. The number of cyclic esters (lactones) is 2. The van der Waals surface area contributed by atoms with Crippen molar-refractivity contribution in [2.45, 2.75) is 37.9 Å². The van der Waals surface area contributed by atoms with Gasteiger partial charge >= 0.3 is 11.9 Å². The highest BCUT2D eigenvalue weighted by Gasteiger charge is 2.66. The van der Waals surface area contributed by atoms with E-state index in [0.717, 1.165) is 0 Å². The summed E-state index contributed by atoms with van der Waals surface area (Å²) < 4.78 is 10.7. The van der Waals surface area contributed by atoms with Crippen LogP contribution in [0.1, 0.15) is 70.4 Å². The third-order valence-electron chi connectivity index (χ3n) is 8.11. The van der Waals surface area contributed by atoms with Crippen LogP contribution in [-0.2, 0) is 21.5 Å². The Bertz CT molecular complexity index is 1630. The van der Waals surface area contributed by atoms with Crippen LogP contribution in [0, 0.1) is 13.8 Å². The quantitative estimate of drug-likeness (QED) is 0.360. The van der Waals surface area contributed by atoms with Crippen molar-refractivity contribution in [1.29, 1.82) is 0 Å². The van der Waals surface area contributed by atoms with Gasteiger partial charge in [-0.05, 0) is 53.6 Å². The molecule has 0 aromatic heterocycles. The predicted molar refractivity (Wildman–Crippen MR) is 118 cm³/mol. The van der Waals surface area contributed by atoms with Crippen molar-refractivity contribution < 1.29 is 44.3 Å². The fourth-order valence-electron chi connectivity index (χ4n) is 6.83. The van der Waals surface area contributed by atoms with E-state index in [-0.39, 0.29) is 69.2 Å². The van der Waals surface area contributed by atoms with Gasteiger partial charge < -0.3 is 29.9 Å². The summed E-state index contributed by atoms with van der Waals surface area (Å²) in [4.78, 5) is 39.3. The molecule has 0 fully saturated rings. The first-order chi connectivity index (χ1) is 16.6. The number of aliphatic hydroxyl groups is 1. The number of Topliss-reactive ketones (excluding diaryl/α,β-unsaturated/α-hetero) is 1. The van der Waals surface area contributed by atoms with Gasteiger partial charge in [0.25, 0.3) is 0 Å². The molecule has 4 N–H and O–H groups in total. The fraction of sp³-hybridized carbons (Fsp3) is 0.269. The molecular weight excluding hydrogens is 456 g/mol. The Kier molecular flexibility index (Phi) is 3.43. The topological polar surface area (TPSA) is 151 Å². The molecule has 9 nitrogen and oxygen atoms in total. The number of esters is 2. The summed E-state index contributed by atoms with van der Waals surface area (Å²) in [6.07, 6.45) is -1.41. The summed E-state index contributed by atoms with van der Waals surface area (Å²) in [5.41, 5.74) is 0.227. The van der Waals surface area contributed by atoms with Crippen LogP contribution in [0.15, 0.2) is 12.1 Å². The number of phenols is 3. The maximum absolute atomic E-state index is 14.0. The highest BCUT2D eigenvalue weighted by Crippen LogP contribution is 2.64. The molecule has 0 saturated carbocycles. The summed E-state index contributed by atoms with van der Waals surface area (Å²) in [5.74, 6) is -4.17.